The fourth-order valence-electron chi connectivity index (χ4n) is 2.56. The molecule has 1 heterocycles. The van der Waals surface area contributed by atoms with E-state index in [9.17, 15) is 9.59 Å². The molecule has 0 saturated carbocycles. The topological polar surface area (TPSA) is 74.4 Å². The number of nitrogens with zero attached hydrogens (tertiary/aromatic N) is 1. The van der Waals surface area contributed by atoms with Crippen LogP contribution in [0.5, 0.6) is 5.75 Å². The highest BCUT2D eigenvalue weighted by atomic mass is 16.5. The lowest BCUT2D eigenvalue weighted by atomic mass is 10.1. The minimum Gasteiger partial charge on any atom is -0.422 e. The summed E-state index contributed by atoms with van der Waals surface area (Å²) in [6, 6.07) is 11.0. The van der Waals surface area contributed by atoms with Crippen LogP contribution in [0.3, 0.4) is 0 Å². The van der Waals surface area contributed by atoms with Gasteiger partial charge in [0.1, 0.15) is 5.75 Å². The van der Waals surface area contributed by atoms with Crippen molar-refractivity contribution in [1.82, 2.24) is 9.88 Å². The molecular formula is C21H23N3O3. The van der Waals surface area contributed by atoms with E-state index in [1.54, 1.807) is 24.3 Å². The molecule has 2 N–H and O–H groups in total. The van der Waals surface area contributed by atoms with Gasteiger partial charge in [0.15, 0.2) is 0 Å². The van der Waals surface area contributed by atoms with E-state index >= 15 is 0 Å². The Hall–Kier alpha value is -3.12. The SMILES string of the molecule is [2H]C([2H])(c1c[nH]c2cccc(OC(=O)c3ccc(NC(C)=O)cc3)c12)C([2H])([2H])N(C)C. The summed E-state index contributed by atoms with van der Waals surface area (Å²) >= 11 is 0. The number of carbonyl (C=O) groups is 2. The number of rotatable bonds is 6. The summed E-state index contributed by atoms with van der Waals surface area (Å²) < 4.78 is 38.9. The summed E-state index contributed by atoms with van der Waals surface area (Å²) in [4.78, 5) is 27.9. The third-order valence-electron chi connectivity index (χ3n) is 3.73. The highest BCUT2D eigenvalue weighted by Crippen LogP contribution is 2.30. The number of carbonyl (C=O) groups excluding carboxylic acids is 2. The van der Waals surface area contributed by atoms with Gasteiger partial charge in [-0.3, -0.25) is 4.79 Å². The number of hydrogen-bond acceptors (Lipinski definition) is 4. The Bertz CT molecular complexity index is 1120. The Morgan fingerprint density at radius 1 is 1.19 bits per heavy atom. The summed E-state index contributed by atoms with van der Waals surface area (Å²) in [6.45, 7) is -0.937. The van der Waals surface area contributed by atoms with Crippen LogP contribution in [0.2, 0.25) is 0 Å². The molecule has 0 saturated heterocycles. The van der Waals surface area contributed by atoms with Crippen LogP contribution in [-0.2, 0) is 11.2 Å². The number of H-pyrrole nitrogens is 1. The lowest BCUT2D eigenvalue weighted by Crippen LogP contribution is -2.15. The summed E-state index contributed by atoms with van der Waals surface area (Å²) in [7, 11) is 2.91. The van der Waals surface area contributed by atoms with Crippen LogP contribution in [0.4, 0.5) is 5.69 Å². The van der Waals surface area contributed by atoms with Gasteiger partial charge in [-0.1, -0.05) is 6.07 Å². The monoisotopic (exact) mass is 369 g/mol. The molecule has 0 spiro atoms. The van der Waals surface area contributed by atoms with E-state index in [-0.39, 0.29) is 22.8 Å². The van der Waals surface area contributed by atoms with Crippen LogP contribution < -0.4 is 10.1 Å². The molecule has 2 aromatic carbocycles. The number of benzene rings is 2. The van der Waals surface area contributed by atoms with Gasteiger partial charge in [-0.25, -0.2) is 4.79 Å². The molecule has 27 heavy (non-hydrogen) atoms. The second kappa shape index (κ2) is 8.05. The molecule has 1 amide bonds. The van der Waals surface area contributed by atoms with E-state index in [4.69, 9.17) is 10.2 Å². The van der Waals surface area contributed by atoms with Gasteiger partial charge in [-0.15, -0.1) is 0 Å². The molecule has 0 aliphatic carbocycles. The van der Waals surface area contributed by atoms with E-state index in [0.717, 1.165) is 4.90 Å². The number of esters is 1. The number of aromatic nitrogens is 1. The first-order valence-electron chi connectivity index (χ1n) is 10.3. The van der Waals surface area contributed by atoms with E-state index in [1.165, 1.54) is 45.4 Å². The molecule has 0 radical (unpaired) electrons. The highest BCUT2D eigenvalue weighted by molar-refractivity contribution is 5.96. The molecule has 3 aromatic rings. The molecule has 0 aliphatic rings. The van der Waals surface area contributed by atoms with Gasteiger partial charge in [0.2, 0.25) is 5.91 Å². The minimum atomic E-state index is -2.41. The van der Waals surface area contributed by atoms with Gasteiger partial charge in [0.05, 0.1) is 5.56 Å². The Balaban J connectivity index is 1.98. The van der Waals surface area contributed by atoms with E-state index in [2.05, 4.69) is 10.3 Å². The van der Waals surface area contributed by atoms with Crippen LogP contribution in [-0.4, -0.2) is 42.4 Å². The molecule has 6 nitrogen and oxygen atoms in total. The number of amides is 1. The van der Waals surface area contributed by atoms with Crippen LogP contribution in [0.1, 0.15) is 28.3 Å². The van der Waals surface area contributed by atoms with Crippen LogP contribution in [0.25, 0.3) is 10.9 Å². The van der Waals surface area contributed by atoms with Crippen LogP contribution in [0, 0.1) is 0 Å². The smallest absolute Gasteiger partial charge is 0.343 e. The summed E-state index contributed by atoms with van der Waals surface area (Å²) in [6.07, 6.45) is -1.01. The highest BCUT2D eigenvalue weighted by Gasteiger charge is 2.14. The van der Waals surface area contributed by atoms with E-state index < -0.39 is 18.8 Å². The number of likely N-dealkylation sites (N-methyl/N-ethyl adjacent to an activating group) is 1. The predicted octanol–water partition coefficient (Wildman–Crippen LogP) is 3.45. The zero-order valence-electron chi connectivity index (χ0n) is 19.3. The quantitative estimate of drug-likeness (QED) is 0.515. The van der Waals surface area contributed by atoms with Gasteiger partial charge in [-0.2, -0.15) is 0 Å². The predicted molar refractivity (Wildman–Crippen MR) is 106 cm³/mol. The molecule has 0 aliphatic heterocycles. The molecule has 0 unspecified atom stereocenters. The second-order valence-corrected chi connectivity index (χ2v) is 6.16. The molecule has 0 atom stereocenters. The number of aromatic amines is 1. The molecule has 0 bridgehead atoms. The molecule has 0 fully saturated rings. The number of aryl methyl sites for hydroxylation is 1. The van der Waals surface area contributed by atoms with Gasteiger partial charge in [0, 0.05) is 41.7 Å². The Morgan fingerprint density at radius 2 is 1.93 bits per heavy atom. The minimum absolute atomic E-state index is 0.0469. The largest absolute Gasteiger partial charge is 0.422 e. The van der Waals surface area contributed by atoms with Gasteiger partial charge >= 0.3 is 5.97 Å². The van der Waals surface area contributed by atoms with Crippen molar-refractivity contribution < 1.29 is 19.8 Å². The van der Waals surface area contributed by atoms with Crippen molar-refractivity contribution in [3.8, 4) is 5.75 Å². The lowest BCUT2D eigenvalue weighted by molar-refractivity contribution is -0.114. The summed E-state index contributed by atoms with van der Waals surface area (Å²) in [5, 5.41) is 2.91. The maximum absolute atomic E-state index is 12.7. The van der Waals surface area contributed by atoms with Gasteiger partial charge in [0.25, 0.3) is 0 Å². The van der Waals surface area contributed by atoms with Crippen molar-refractivity contribution in [3.05, 3.63) is 59.8 Å². The Kier molecular flexibility index (Phi) is 4.18. The van der Waals surface area contributed by atoms with Crippen molar-refractivity contribution in [2.45, 2.75) is 13.3 Å². The first-order chi connectivity index (χ1) is 14.4. The fourth-order valence-corrected chi connectivity index (χ4v) is 2.56. The molecule has 6 heteroatoms. The first-order valence-corrected chi connectivity index (χ1v) is 8.33. The number of anilines is 1. The molecular weight excluding hydrogens is 342 g/mol. The van der Waals surface area contributed by atoms with Crippen LogP contribution >= 0.6 is 0 Å². The zero-order valence-corrected chi connectivity index (χ0v) is 15.3. The average molecular weight is 369 g/mol. The van der Waals surface area contributed by atoms with Crippen molar-refractivity contribution in [2.24, 2.45) is 0 Å². The zero-order chi connectivity index (χ0) is 23.0. The molecule has 3 rings (SSSR count). The summed E-state index contributed by atoms with van der Waals surface area (Å²) in [5.41, 5.74) is 1.35. The third kappa shape index (κ3) is 4.54. The standard InChI is InChI=1S/C21H23N3O3/c1-14(25)23-17-9-7-15(8-10-17)21(26)27-19-6-4-5-18-20(19)16(13-22-18)11-12-24(2)3/h4-10,13,22H,11-12H2,1-3H3,(H,23,25)/i11D2,12D2. The van der Waals surface area contributed by atoms with Gasteiger partial charge < -0.3 is 19.9 Å². The fraction of sp³-hybridized carbons (Fsp3) is 0.238. The van der Waals surface area contributed by atoms with E-state index in [1.807, 2.05) is 0 Å². The van der Waals surface area contributed by atoms with Crippen molar-refractivity contribution >= 4 is 28.5 Å². The number of nitrogens with one attached hydrogen (secondary N) is 2. The van der Waals surface area contributed by atoms with Gasteiger partial charge in [-0.05, 0) is 62.4 Å². The normalized spacial score (nSPS) is 14.2. The summed E-state index contributed by atoms with van der Waals surface area (Å²) in [5.74, 6) is -0.776. The van der Waals surface area contributed by atoms with Crippen molar-refractivity contribution in [2.75, 3.05) is 25.9 Å². The third-order valence-corrected chi connectivity index (χ3v) is 3.73. The first kappa shape index (κ1) is 14.0. The van der Waals surface area contributed by atoms with Crippen LogP contribution in [0.15, 0.2) is 48.7 Å². The second-order valence-electron chi connectivity index (χ2n) is 6.16. The number of hydrogen-bond donors (Lipinski definition) is 2. The van der Waals surface area contributed by atoms with E-state index in [0.29, 0.717) is 16.6 Å². The maximum atomic E-state index is 12.7. The Labute approximate surface area is 163 Å². The Morgan fingerprint density at radius 3 is 2.59 bits per heavy atom. The average Bonchev–Trinajstić information content (AvgIpc) is 3.13. The lowest BCUT2D eigenvalue weighted by Gasteiger charge is -2.10. The van der Waals surface area contributed by atoms with Crippen molar-refractivity contribution in [3.63, 3.8) is 0 Å². The molecule has 1 aromatic heterocycles. The number of ether oxygens (including phenoxy) is 1. The molecule has 140 valence electrons. The van der Waals surface area contributed by atoms with Crippen molar-refractivity contribution in [1.29, 1.82) is 0 Å². The number of fused-ring (bicyclic) bond motifs is 1. The maximum Gasteiger partial charge on any atom is 0.343 e.